The third-order valence-corrected chi connectivity index (χ3v) is 4.27. The van der Waals surface area contributed by atoms with Crippen LogP contribution in [-0.2, 0) is 18.0 Å². The lowest BCUT2D eigenvalue weighted by Gasteiger charge is -2.13. The van der Waals surface area contributed by atoms with E-state index in [-0.39, 0.29) is 17.2 Å². The van der Waals surface area contributed by atoms with Gasteiger partial charge in [-0.2, -0.15) is 18.3 Å². The summed E-state index contributed by atoms with van der Waals surface area (Å²) >= 11 is 0. The highest BCUT2D eigenvalue weighted by Crippen LogP contribution is 2.34. The van der Waals surface area contributed by atoms with Crippen molar-refractivity contribution in [2.75, 3.05) is 0 Å². The number of benzene rings is 1. The van der Waals surface area contributed by atoms with Crippen molar-refractivity contribution in [1.29, 1.82) is 0 Å². The van der Waals surface area contributed by atoms with Gasteiger partial charge in [-0.05, 0) is 43.3 Å². The fraction of sp³-hybridized carbons (Fsp3) is 0.200. The summed E-state index contributed by atoms with van der Waals surface area (Å²) in [7, 11) is 1.69. The van der Waals surface area contributed by atoms with Crippen LogP contribution in [0.25, 0.3) is 11.3 Å². The topological polar surface area (TPSA) is 112 Å². The van der Waals surface area contributed by atoms with Crippen molar-refractivity contribution in [3.05, 3.63) is 59.9 Å². The summed E-state index contributed by atoms with van der Waals surface area (Å²) in [6.07, 6.45) is -1.58. The van der Waals surface area contributed by atoms with Crippen LogP contribution in [0.15, 0.2) is 48.8 Å². The lowest BCUT2D eigenvalue weighted by molar-refractivity contribution is -0.137. The van der Waals surface area contributed by atoms with E-state index in [1.165, 1.54) is 36.0 Å². The monoisotopic (exact) mass is 433 g/mol. The van der Waals surface area contributed by atoms with Crippen LogP contribution in [0.1, 0.15) is 22.8 Å². The molecule has 11 heteroatoms. The molecule has 3 rings (SSSR count). The van der Waals surface area contributed by atoms with Crippen molar-refractivity contribution in [2.45, 2.75) is 19.1 Å². The van der Waals surface area contributed by atoms with Crippen LogP contribution in [0.3, 0.4) is 0 Å². The minimum Gasteiger partial charge on any atom is -0.438 e. The molecule has 0 saturated carbocycles. The number of carbonyl (C=O) groups excluding carboxylic acids is 2. The molecule has 2 heterocycles. The Bertz CT molecular complexity index is 1110. The standard InChI is InChI=1S/C20H18F3N5O3/c1-11(17(24)29)26-18(30)12-9-15(16-7-8-28(2)27-16)19(25-10-12)31-14-5-3-13(4-6-14)20(21,22)23/h3-11H,1-2H3,(H2,24,29)(H,26,30). The largest absolute Gasteiger partial charge is 0.438 e. The molecule has 0 radical (unpaired) electrons. The summed E-state index contributed by atoms with van der Waals surface area (Å²) in [4.78, 5) is 27.7. The van der Waals surface area contributed by atoms with Gasteiger partial charge in [-0.3, -0.25) is 14.3 Å². The summed E-state index contributed by atoms with van der Waals surface area (Å²) in [6.45, 7) is 1.44. The molecule has 31 heavy (non-hydrogen) atoms. The van der Waals surface area contributed by atoms with Crippen molar-refractivity contribution < 1.29 is 27.5 Å². The first-order valence-electron chi connectivity index (χ1n) is 9.00. The van der Waals surface area contributed by atoms with Gasteiger partial charge in [0.25, 0.3) is 5.91 Å². The van der Waals surface area contributed by atoms with Crippen molar-refractivity contribution in [2.24, 2.45) is 12.8 Å². The predicted octanol–water partition coefficient (Wildman–Crippen LogP) is 2.90. The van der Waals surface area contributed by atoms with E-state index in [1.807, 2.05) is 0 Å². The number of primary amides is 1. The first-order valence-corrected chi connectivity index (χ1v) is 9.00. The number of amides is 2. The van der Waals surface area contributed by atoms with Gasteiger partial charge in [0.1, 0.15) is 11.8 Å². The molecule has 3 N–H and O–H groups in total. The van der Waals surface area contributed by atoms with Crippen LogP contribution >= 0.6 is 0 Å². The minimum absolute atomic E-state index is 0.0398. The second kappa shape index (κ2) is 8.46. The zero-order valence-corrected chi connectivity index (χ0v) is 16.5. The lowest BCUT2D eigenvalue weighted by Crippen LogP contribution is -2.42. The van der Waals surface area contributed by atoms with Crippen LogP contribution in [0.5, 0.6) is 11.6 Å². The number of rotatable bonds is 6. The highest BCUT2D eigenvalue weighted by Gasteiger charge is 2.30. The van der Waals surface area contributed by atoms with E-state index in [4.69, 9.17) is 10.5 Å². The Morgan fingerprint density at radius 3 is 2.42 bits per heavy atom. The molecule has 0 aliphatic heterocycles. The first-order chi connectivity index (χ1) is 14.5. The molecular weight excluding hydrogens is 415 g/mol. The van der Waals surface area contributed by atoms with E-state index in [1.54, 1.807) is 19.3 Å². The van der Waals surface area contributed by atoms with Crippen LogP contribution in [-0.4, -0.2) is 32.6 Å². The maximum absolute atomic E-state index is 12.8. The molecule has 162 valence electrons. The molecule has 1 aromatic carbocycles. The highest BCUT2D eigenvalue weighted by molar-refractivity contribution is 5.98. The Labute approximate surface area is 174 Å². The fourth-order valence-electron chi connectivity index (χ4n) is 2.57. The summed E-state index contributed by atoms with van der Waals surface area (Å²) in [5, 5.41) is 6.70. The van der Waals surface area contributed by atoms with Gasteiger partial charge in [-0.1, -0.05) is 0 Å². The third-order valence-electron chi connectivity index (χ3n) is 4.27. The maximum atomic E-state index is 12.8. The molecule has 0 saturated heterocycles. The Morgan fingerprint density at radius 2 is 1.87 bits per heavy atom. The van der Waals surface area contributed by atoms with Gasteiger partial charge in [0.2, 0.25) is 11.8 Å². The first kappa shape index (κ1) is 21.8. The summed E-state index contributed by atoms with van der Waals surface area (Å²) in [5.74, 6) is -1.12. The van der Waals surface area contributed by atoms with Crippen molar-refractivity contribution in [3.63, 3.8) is 0 Å². The SMILES string of the molecule is CC(NC(=O)c1cnc(Oc2ccc(C(F)(F)F)cc2)c(-c2ccn(C)n2)c1)C(N)=O. The number of aromatic nitrogens is 3. The molecular formula is C20H18F3N5O3. The number of nitrogens with zero attached hydrogens (tertiary/aromatic N) is 3. The molecule has 3 aromatic rings. The smallest absolute Gasteiger partial charge is 0.416 e. The number of nitrogens with two attached hydrogens (primary N) is 1. The molecule has 1 atom stereocenters. The lowest BCUT2D eigenvalue weighted by atomic mass is 10.1. The third kappa shape index (κ3) is 5.18. The zero-order valence-electron chi connectivity index (χ0n) is 16.5. The molecule has 0 aliphatic carbocycles. The minimum atomic E-state index is -4.47. The number of nitrogens with one attached hydrogen (secondary N) is 1. The van der Waals surface area contributed by atoms with Crippen LogP contribution in [0.4, 0.5) is 13.2 Å². The van der Waals surface area contributed by atoms with Gasteiger partial charge in [0.05, 0.1) is 22.4 Å². The summed E-state index contributed by atoms with van der Waals surface area (Å²) in [6, 6.07) is 6.34. The quantitative estimate of drug-likeness (QED) is 0.621. The van der Waals surface area contributed by atoms with Gasteiger partial charge < -0.3 is 15.8 Å². The number of alkyl halides is 3. The van der Waals surface area contributed by atoms with E-state index >= 15 is 0 Å². The molecule has 0 bridgehead atoms. The summed E-state index contributed by atoms with van der Waals surface area (Å²) in [5.41, 5.74) is 5.23. The highest BCUT2D eigenvalue weighted by atomic mass is 19.4. The van der Waals surface area contributed by atoms with Gasteiger partial charge in [-0.25, -0.2) is 4.98 Å². The molecule has 0 fully saturated rings. The van der Waals surface area contributed by atoms with E-state index in [9.17, 15) is 22.8 Å². The average Bonchev–Trinajstić information content (AvgIpc) is 3.14. The Morgan fingerprint density at radius 1 is 1.19 bits per heavy atom. The number of hydrogen-bond donors (Lipinski definition) is 2. The van der Waals surface area contributed by atoms with Gasteiger partial charge in [0, 0.05) is 19.4 Å². The average molecular weight is 433 g/mol. The molecule has 0 spiro atoms. The second-order valence-corrected chi connectivity index (χ2v) is 6.67. The van der Waals surface area contributed by atoms with Gasteiger partial charge >= 0.3 is 6.18 Å². The zero-order chi connectivity index (χ0) is 22.8. The van der Waals surface area contributed by atoms with Crippen LogP contribution < -0.4 is 15.8 Å². The normalized spacial score (nSPS) is 12.3. The van der Waals surface area contributed by atoms with E-state index in [2.05, 4.69) is 15.4 Å². The van der Waals surface area contributed by atoms with Crippen molar-refractivity contribution >= 4 is 11.8 Å². The maximum Gasteiger partial charge on any atom is 0.416 e. The number of halogens is 3. The second-order valence-electron chi connectivity index (χ2n) is 6.67. The molecule has 2 aromatic heterocycles. The van der Waals surface area contributed by atoms with E-state index in [0.29, 0.717) is 11.3 Å². The number of pyridine rings is 1. The van der Waals surface area contributed by atoms with Crippen molar-refractivity contribution in [3.8, 4) is 22.9 Å². The van der Waals surface area contributed by atoms with Crippen LogP contribution in [0, 0.1) is 0 Å². The van der Waals surface area contributed by atoms with Crippen molar-refractivity contribution in [1.82, 2.24) is 20.1 Å². The Hall–Kier alpha value is -3.89. The molecule has 8 nitrogen and oxygen atoms in total. The Balaban J connectivity index is 1.94. The predicted molar refractivity (Wildman–Crippen MR) is 104 cm³/mol. The summed E-state index contributed by atoms with van der Waals surface area (Å²) < 4.78 is 45.5. The number of carbonyl (C=O) groups is 2. The number of aryl methyl sites for hydroxylation is 1. The van der Waals surface area contributed by atoms with Gasteiger partial charge in [0.15, 0.2) is 0 Å². The van der Waals surface area contributed by atoms with Crippen LogP contribution in [0.2, 0.25) is 0 Å². The Kier molecular flexibility index (Phi) is 5.95. The molecule has 0 aliphatic rings. The molecule has 2 amide bonds. The van der Waals surface area contributed by atoms with Gasteiger partial charge in [-0.15, -0.1) is 0 Å². The number of hydrogen-bond acceptors (Lipinski definition) is 5. The fourth-order valence-corrected chi connectivity index (χ4v) is 2.57. The van der Waals surface area contributed by atoms with E-state index in [0.717, 1.165) is 12.1 Å². The van der Waals surface area contributed by atoms with E-state index < -0.39 is 29.6 Å². The molecule has 1 unspecified atom stereocenters. The number of ether oxygens (including phenoxy) is 1.